The molecule has 1 aliphatic carbocycles. The van der Waals surface area contributed by atoms with E-state index in [4.69, 9.17) is 0 Å². The predicted octanol–water partition coefficient (Wildman–Crippen LogP) is 4.58. The Bertz CT molecular complexity index is 890. The van der Waals surface area contributed by atoms with Crippen LogP contribution >= 0.6 is 0 Å². The fraction of sp³-hybridized carbons (Fsp3) is 0.478. The number of nitrogens with one attached hydrogen (secondary N) is 1. The third-order valence-electron chi connectivity index (χ3n) is 5.25. The molecule has 0 radical (unpaired) electrons. The molecule has 28 heavy (non-hydrogen) atoms. The van der Waals surface area contributed by atoms with E-state index >= 15 is 0 Å². The van der Waals surface area contributed by atoms with Gasteiger partial charge in [-0.25, -0.2) is 23.9 Å². The van der Waals surface area contributed by atoms with E-state index in [1.165, 1.54) is 37.4 Å². The first kappa shape index (κ1) is 21.7. The average molecular weight is 384 g/mol. The molecule has 0 fully saturated rings. The van der Waals surface area contributed by atoms with Gasteiger partial charge in [-0.1, -0.05) is 81.7 Å². The molecule has 1 aromatic rings. The zero-order valence-corrected chi connectivity index (χ0v) is 17.4. The van der Waals surface area contributed by atoms with Gasteiger partial charge in [0.15, 0.2) is 0 Å². The second-order valence-electron chi connectivity index (χ2n) is 7.35. The molecule has 0 unspecified atom stereocenters. The summed E-state index contributed by atoms with van der Waals surface area (Å²) in [5.41, 5.74) is 1.36. The Hall–Kier alpha value is -2.56. The van der Waals surface area contributed by atoms with Crippen molar-refractivity contribution in [3.8, 4) is 0 Å². The molecule has 0 aromatic carbocycles. The molecule has 0 saturated carbocycles. The number of aromatic nitrogens is 3. The second kappa shape index (κ2) is 10.7. The Kier molecular flexibility index (Phi) is 8.30. The van der Waals surface area contributed by atoms with Crippen LogP contribution in [-0.4, -0.2) is 14.3 Å². The van der Waals surface area contributed by atoms with Crippen LogP contribution in [0.15, 0.2) is 69.8 Å². The van der Waals surface area contributed by atoms with E-state index in [0.29, 0.717) is 0 Å². The van der Waals surface area contributed by atoms with E-state index in [-0.39, 0.29) is 17.6 Å². The van der Waals surface area contributed by atoms with Crippen molar-refractivity contribution in [2.75, 3.05) is 0 Å². The maximum Gasteiger partial charge on any atom is 0.347 e. The van der Waals surface area contributed by atoms with Gasteiger partial charge in [-0.05, 0) is 30.9 Å². The molecule has 0 amide bonds. The number of unbranched alkanes of at least 4 members (excludes halogenated alkanes) is 4. The van der Waals surface area contributed by atoms with Gasteiger partial charge in [0, 0.05) is 13.0 Å². The van der Waals surface area contributed by atoms with Gasteiger partial charge in [-0.2, -0.15) is 0 Å². The van der Waals surface area contributed by atoms with E-state index in [1.54, 1.807) is 0 Å². The van der Waals surface area contributed by atoms with Crippen molar-refractivity contribution < 1.29 is 0 Å². The smallest absolute Gasteiger partial charge is 0.246 e. The van der Waals surface area contributed by atoms with Crippen molar-refractivity contribution >= 4 is 0 Å². The Morgan fingerprint density at radius 3 is 2.61 bits per heavy atom. The van der Waals surface area contributed by atoms with Gasteiger partial charge in [0.05, 0.1) is 6.04 Å². The van der Waals surface area contributed by atoms with E-state index < -0.39 is 5.69 Å². The summed E-state index contributed by atoms with van der Waals surface area (Å²) in [6, 6.07) is -0.250. The molecule has 1 N–H and O–H groups in total. The molecular formula is C23H33N3O2. The van der Waals surface area contributed by atoms with Gasteiger partial charge in [0.2, 0.25) is 0 Å². The van der Waals surface area contributed by atoms with Crippen molar-refractivity contribution in [2.24, 2.45) is 13.0 Å². The molecule has 2 atom stereocenters. The molecule has 0 aliphatic heterocycles. The standard InChI is InChI=1S/C23H33N3O2/c1-5-7-9-10-12-15-19-16-13-17-20(18(3)14-11-8-6-2)21(19)26-23(28)25(4)22(27)24-26/h6,8,11,13-14,16-17,20-21H,3,5,7,9-10,12,15H2,1-2,4H3,(H,24,27)/b8-6-,14-11-/t20-,21+/m1/s1. The summed E-state index contributed by atoms with van der Waals surface area (Å²) in [6.07, 6.45) is 20.9. The highest BCUT2D eigenvalue weighted by Gasteiger charge is 2.30. The number of nitrogens with zero attached hydrogens (tertiary/aromatic N) is 2. The third kappa shape index (κ3) is 5.24. The average Bonchev–Trinajstić information content (AvgIpc) is 2.94. The summed E-state index contributed by atoms with van der Waals surface area (Å²) in [5, 5.41) is 2.73. The zero-order valence-electron chi connectivity index (χ0n) is 17.4. The Balaban J connectivity index is 2.32. The highest BCUT2D eigenvalue weighted by atomic mass is 16.2. The Morgan fingerprint density at radius 2 is 1.96 bits per heavy atom. The van der Waals surface area contributed by atoms with Crippen LogP contribution in [0.3, 0.4) is 0 Å². The Labute approximate surface area is 167 Å². The predicted molar refractivity (Wildman–Crippen MR) is 117 cm³/mol. The van der Waals surface area contributed by atoms with Gasteiger partial charge in [0.25, 0.3) is 0 Å². The molecular weight excluding hydrogens is 350 g/mol. The highest BCUT2D eigenvalue weighted by molar-refractivity contribution is 5.35. The van der Waals surface area contributed by atoms with Gasteiger partial charge < -0.3 is 0 Å². The maximum absolute atomic E-state index is 12.7. The number of hydrogen-bond donors (Lipinski definition) is 1. The van der Waals surface area contributed by atoms with Crippen LogP contribution in [0, 0.1) is 5.92 Å². The van der Waals surface area contributed by atoms with E-state index in [1.807, 2.05) is 37.3 Å². The summed E-state index contributed by atoms with van der Waals surface area (Å²) >= 11 is 0. The molecule has 1 aliphatic rings. The molecule has 0 saturated heterocycles. The highest BCUT2D eigenvalue weighted by Crippen LogP contribution is 2.37. The minimum absolute atomic E-state index is 0.0760. The van der Waals surface area contributed by atoms with Gasteiger partial charge >= 0.3 is 11.4 Å². The van der Waals surface area contributed by atoms with Gasteiger partial charge in [-0.15, -0.1) is 0 Å². The molecule has 2 rings (SSSR count). The van der Waals surface area contributed by atoms with Crippen LogP contribution < -0.4 is 11.4 Å². The van der Waals surface area contributed by atoms with E-state index in [2.05, 4.69) is 30.8 Å². The first-order chi connectivity index (χ1) is 13.5. The van der Waals surface area contributed by atoms with Crippen LogP contribution in [-0.2, 0) is 7.05 Å². The zero-order chi connectivity index (χ0) is 20.5. The third-order valence-corrected chi connectivity index (χ3v) is 5.25. The summed E-state index contributed by atoms with van der Waals surface area (Å²) in [4.78, 5) is 24.7. The van der Waals surface area contributed by atoms with E-state index in [9.17, 15) is 9.59 Å². The molecule has 1 aromatic heterocycles. The van der Waals surface area contributed by atoms with Gasteiger partial charge in [-0.3, -0.25) is 0 Å². The maximum atomic E-state index is 12.7. The van der Waals surface area contributed by atoms with E-state index in [0.717, 1.165) is 28.6 Å². The quantitative estimate of drug-likeness (QED) is 0.475. The normalized spacial score (nSPS) is 19.6. The topological polar surface area (TPSA) is 59.8 Å². The first-order valence-electron chi connectivity index (χ1n) is 10.2. The fourth-order valence-electron chi connectivity index (χ4n) is 3.61. The van der Waals surface area contributed by atoms with Crippen LogP contribution in [0.5, 0.6) is 0 Å². The summed E-state index contributed by atoms with van der Waals surface area (Å²) in [6.45, 7) is 8.40. The lowest BCUT2D eigenvalue weighted by molar-refractivity contribution is 0.411. The monoisotopic (exact) mass is 383 g/mol. The first-order valence-corrected chi connectivity index (χ1v) is 10.2. The SMILES string of the molecule is C=C(/C=C\C=C/C)[C@H]1C=CC=C(CCCCCCC)[C@@H]1n1[nH]c(=O)n(C)c1=O. The lowest BCUT2D eigenvalue weighted by Gasteiger charge is -2.30. The summed E-state index contributed by atoms with van der Waals surface area (Å²) in [5.74, 6) is -0.0760. The van der Waals surface area contributed by atoms with Crippen molar-refractivity contribution in [3.05, 3.63) is 81.2 Å². The van der Waals surface area contributed by atoms with Crippen molar-refractivity contribution in [1.29, 1.82) is 0 Å². The lowest BCUT2D eigenvalue weighted by atomic mass is 9.81. The number of H-pyrrole nitrogens is 1. The van der Waals surface area contributed by atoms with Crippen LogP contribution in [0.4, 0.5) is 0 Å². The molecule has 1 heterocycles. The summed E-state index contributed by atoms with van der Waals surface area (Å²) < 4.78 is 2.59. The van der Waals surface area contributed by atoms with Crippen molar-refractivity contribution in [2.45, 2.75) is 58.4 Å². The van der Waals surface area contributed by atoms with Gasteiger partial charge in [0.1, 0.15) is 0 Å². The number of rotatable bonds is 10. The van der Waals surface area contributed by atoms with Crippen LogP contribution in [0.1, 0.15) is 58.4 Å². The minimum Gasteiger partial charge on any atom is -0.246 e. The molecule has 5 nitrogen and oxygen atoms in total. The minimum atomic E-state index is -0.393. The number of aromatic amines is 1. The molecule has 0 bridgehead atoms. The number of hydrogen-bond acceptors (Lipinski definition) is 2. The van der Waals surface area contributed by atoms with Crippen LogP contribution in [0.25, 0.3) is 0 Å². The van der Waals surface area contributed by atoms with Crippen LogP contribution in [0.2, 0.25) is 0 Å². The second-order valence-corrected chi connectivity index (χ2v) is 7.35. The fourth-order valence-corrected chi connectivity index (χ4v) is 3.61. The molecule has 5 heteroatoms. The molecule has 0 spiro atoms. The summed E-state index contributed by atoms with van der Waals surface area (Å²) in [7, 11) is 1.50. The molecule has 152 valence electrons. The number of allylic oxidation sites excluding steroid dienone is 9. The Morgan fingerprint density at radius 1 is 1.21 bits per heavy atom. The van der Waals surface area contributed by atoms with Crippen molar-refractivity contribution in [3.63, 3.8) is 0 Å². The lowest BCUT2D eigenvalue weighted by Crippen LogP contribution is -2.33. The largest absolute Gasteiger partial charge is 0.347 e. The van der Waals surface area contributed by atoms with Crippen molar-refractivity contribution in [1.82, 2.24) is 14.3 Å².